The number of fused-ring (bicyclic) bond motifs is 1. The van der Waals surface area contributed by atoms with Crippen LogP contribution in [0.4, 0.5) is 0 Å². The number of carbonyl (C=O) groups is 1. The van der Waals surface area contributed by atoms with Gasteiger partial charge in [-0.25, -0.2) is 0 Å². The Morgan fingerprint density at radius 1 is 1.23 bits per heavy atom. The van der Waals surface area contributed by atoms with E-state index >= 15 is 0 Å². The molecule has 10 heteroatoms. The van der Waals surface area contributed by atoms with E-state index in [0.29, 0.717) is 18.7 Å². The smallest absolute Gasteiger partial charge is 0.294 e. The van der Waals surface area contributed by atoms with Crippen LogP contribution in [0.2, 0.25) is 0 Å². The molecule has 1 atom stereocenters. The van der Waals surface area contributed by atoms with Gasteiger partial charge in [0, 0.05) is 17.0 Å². The minimum absolute atomic E-state index is 0.0784. The summed E-state index contributed by atoms with van der Waals surface area (Å²) in [5.41, 5.74) is 2.20. The summed E-state index contributed by atoms with van der Waals surface area (Å²) in [6.07, 6.45) is -0.161. The molecule has 0 amide bonds. The Kier molecular flexibility index (Phi) is 5.73. The van der Waals surface area contributed by atoms with E-state index < -0.39 is 5.56 Å². The molecule has 1 aromatic carbocycles. The molecule has 1 aliphatic heterocycles. The number of nitrogens with two attached hydrogens (primary N) is 1. The molecule has 2 N–H and O–H groups in total. The van der Waals surface area contributed by atoms with Crippen molar-refractivity contribution in [2.75, 3.05) is 18.2 Å². The van der Waals surface area contributed by atoms with Crippen molar-refractivity contribution in [3.05, 3.63) is 63.3 Å². The molecule has 0 unspecified atom stereocenters. The number of aryl methyl sites for hydroxylation is 2. The van der Waals surface area contributed by atoms with Crippen LogP contribution in [0.15, 0.2) is 40.3 Å². The van der Waals surface area contributed by atoms with E-state index in [4.69, 9.17) is 15.3 Å². The van der Waals surface area contributed by atoms with E-state index in [0.717, 1.165) is 39.3 Å². The van der Waals surface area contributed by atoms with E-state index in [1.807, 2.05) is 44.2 Å². The quantitative estimate of drug-likeness (QED) is 0.350. The van der Waals surface area contributed by atoms with Gasteiger partial charge >= 0.3 is 0 Å². The number of para-hydroxylation sites is 2. The molecule has 2 aromatic heterocycles. The zero-order chi connectivity index (χ0) is 22.1. The molecule has 0 fully saturated rings. The highest BCUT2D eigenvalue weighted by molar-refractivity contribution is 7.99. The fourth-order valence-corrected chi connectivity index (χ4v) is 4.23. The van der Waals surface area contributed by atoms with Gasteiger partial charge in [0.2, 0.25) is 5.16 Å². The molecule has 4 rings (SSSR count). The third-order valence-corrected chi connectivity index (χ3v) is 6.12. The summed E-state index contributed by atoms with van der Waals surface area (Å²) in [5, 5.41) is 7.89. The van der Waals surface area contributed by atoms with Gasteiger partial charge in [0.25, 0.3) is 5.56 Å². The number of nitrogen functional groups attached to an aromatic ring is 1. The molecular formula is C21H23N5O4S. The Bertz CT molecular complexity index is 1200. The van der Waals surface area contributed by atoms with E-state index in [1.54, 1.807) is 0 Å². The van der Waals surface area contributed by atoms with Crippen LogP contribution in [0.25, 0.3) is 0 Å². The number of nitrogens with zero attached hydrogens (tertiary/aromatic N) is 4. The highest BCUT2D eigenvalue weighted by Gasteiger charge is 2.24. The van der Waals surface area contributed by atoms with Crippen molar-refractivity contribution in [1.29, 1.82) is 0 Å². The molecule has 0 spiro atoms. The Labute approximate surface area is 183 Å². The SMILES string of the molecule is Cc1nnc(SCC(=O)c2cc(C)n(C[C@@H]3COc4ccccc4O3)c2C)n(N)c1=O. The third-order valence-electron chi connectivity index (χ3n) is 5.18. The van der Waals surface area contributed by atoms with Gasteiger partial charge in [-0.05, 0) is 39.0 Å². The maximum atomic E-state index is 12.9. The molecule has 3 aromatic rings. The molecule has 0 saturated heterocycles. The lowest BCUT2D eigenvalue weighted by molar-refractivity contribution is 0.0777. The molecule has 3 heterocycles. The minimum atomic E-state index is -0.431. The standard InChI is InChI=1S/C21H23N5O4S/c1-12-8-16(17(27)11-31-21-24-23-13(2)20(28)26(21)22)14(3)25(12)9-15-10-29-18-6-4-5-7-19(18)30-15/h4-8,15H,9-11,22H2,1-3H3/t15-/m1/s1. The Hall–Kier alpha value is -3.27. The second kappa shape index (κ2) is 8.46. The fraction of sp³-hybridized carbons (Fsp3) is 0.333. The highest BCUT2D eigenvalue weighted by atomic mass is 32.2. The van der Waals surface area contributed by atoms with Gasteiger partial charge in [0.05, 0.1) is 12.3 Å². The first-order valence-electron chi connectivity index (χ1n) is 9.77. The zero-order valence-corrected chi connectivity index (χ0v) is 18.3. The summed E-state index contributed by atoms with van der Waals surface area (Å²) in [5.74, 6) is 7.22. The summed E-state index contributed by atoms with van der Waals surface area (Å²) in [4.78, 5) is 24.7. The summed E-state index contributed by atoms with van der Waals surface area (Å²) in [6.45, 7) is 6.41. The summed E-state index contributed by atoms with van der Waals surface area (Å²) in [7, 11) is 0. The maximum Gasteiger partial charge on any atom is 0.294 e. The van der Waals surface area contributed by atoms with Gasteiger partial charge in [-0.2, -0.15) is 4.68 Å². The van der Waals surface area contributed by atoms with Crippen molar-refractivity contribution >= 4 is 17.5 Å². The number of benzene rings is 1. The molecule has 162 valence electrons. The van der Waals surface area contributed by atoms with Crippen LogP contribution in [0.3, 0.4) is 0 Å². The second-order valence-electron chi connectivity index (χ2n) is 7.35. The topological polar surface area (TPSA) is 114 Å². The summed E-state index contributed by atoms with van der Waals surface area (Å²) in [6, 6.07) is 9.45. The first kappa shape index (κ1) is 21.0. The number of hydrogen-bond acceptors (Lipinski definition) is 8. The average molecular weight is 442 g/mol. The van der Waals surface area contributed by atoms with Gasteiger partial charge < -0.3 is 19.9 Å². The van der Waals surface area contributed by atoms with Crippen LogP contribution >= 0.6 is 11.8 Å². The van der Waals surface area contributed by atoms with E-state index in [9.17, 15) is 9.59 Å². The zero-order valence-electron chi connectivity index (χ0n) is 17.5. The normalized spacial score (nSPS) is 15.1. The van der Waals surface area contributed by atoms with Gasteiger partial charge in [-0.3, -0.25) is 9.59 Å². The predicted octanol–water partition coefficient (Wildman–Crippen LogP) is 1.89. The molecule has 0 saturated carbocycles. The number of rotatable bonds is 6. The number of aromatic nitrogens is 4. The van der Waals surface area contributed by atoms with Crippen LogP contribution in [0.5, 0.6) is 11.5 Å². The Balaban J connectivity index is 1.46. The van der Waals surface area contributed by atoms with Crippen molar-refractivity contribution in [2.45, 2.75) is 38.6 Å². The molecule has 0 aliphatic carbocycles. The van der Waals surface area contributed by atoms with Crippen LogP contribution in [0, 0.1) is 20.8 Å². The van der Waals surface area contributed by atoms with E-state index in [2.05, 4.69) is 14.8 Å². The van der Waals surface area contributed by atoms with Crippen molar-refractivity contribution in [1.82, 2.24) is 19.4 Å². The number of Topliss-reactive ketones (excluding diaryl/α,β-unsaturated/α-hetero) is 1. The molecule has 1 aliphatic rings. The first-order chi connectivity index (χ1) is 14.8. The molecular weight excluding hydrogens is 418 g/mol. The predicted molar refractivity (Wildman–Crippen MR) is 116 cm³/mol. The van der Waals surface area contributed by atoms with Gasteiger partial charge in [0.15, 0.2) is 23.4 Å². The monoisotopic (exact) mass is 441 g/mol. The Morgan fingerprint density at radius 2 is 1.97 bits per heavy atom. The number of ketones is 1. The van der Waals surface area contributed by atoms with Crippen molar-refractivity contribution in [3.8, 4) is 11.5 Å². The molecule has 31 heavy (non-hydrogen) atoms. The minimum Gasteiger partial charge on any atom is -0.486 e. The number of thioether (sulfide) groups is 1. The van der Waals surface area contributed by atoms with E-state index in [-0.39, 0.29) is 28.5 Å². The second-order valence-corrected chi connectivity index (χ2v) is 8.29. The number of hydrogen-bond donors (Lipinski definition) is 1. The largest absolute Gasteiger partial charge is 0.486 e. The van der Waals surface area contributed by atoms with Gasteiger partial charge in [-0.1, -0.05) is 23.9 Å². The number of carbonyl (C=O) groups excluding carboxylic acids is 1. The Morgan fingerprint density at radius 3 is 2.74 bits per heavy atom. The molecule has 0 bridgehead atoms. The number of ether oxygens (including phenoxy) is 2. The van der Waals surface area contributed by atoms with Gasteiger partial charge in [0.1, 0.15) is 12.3 Å². The highest BCUT2D eigenvalue weighted by Crippen LogP contribution is 2.31. The van der Waals surface area contributed by atoms with Crippen LogP contribution in [0.1, 0.15) is 27.4 Å². The summed E-state index contributed by atoms with van der Waals surface area (Å²) < 4.78 is 14.8. The molecule has 0 radical (unpaired) electrons. The van der Waals surface area contributed by atoms with Crippen LogP contribution in [-0.2, 0) is 6.54 Å². The average Bonchev–Trinajstić information content (AvgIpc) is 3.05. The van der Waals surface area contributed by atoms with Crippen LogP contribution in [-0.4, -0.2) is 43.7 Å². The van der Waals surface area contributed by atoms with Crippen molar-refractivity contribution in [2.24, 2.45) is 0 Å². The lowest BCUT2D eigenvalue weighted by Gasteiger charge is -2.27. The van der Waals surface area contributed by atoms with Crippen molar-refractivity contribution < 1.29 is 14.3 Å². The maximum absolute atomic E-state index is 12.9. The fourth-order valence-electron chi connectivity index (χ4n) is 3.50. The van der Waals surface area contributed by atoms with Gasteiger partial charge in [-0.15, -0.1) is 10.2 Å². The van der Waals surface area contributed by atoms with Crippen LogP contribution < -0.4 is 20.9 Å². The van der Waals surface area contributed by atoms with E-state index in [1.165, 1.54) is 6.92 Å². The third kappa shape index (κ3) is 4.15. The summed E-state index contributed by atoms with van der Waals surface area (Å²) >= 11 is 1.09. The lowest BCUT2D eigenvalue weighted by Crippen LogP contribution is -2.33. The van der Waals surface area contributed by atoms with Crippen molar-refractivity contribution in [3.63, 3.8) is 0 Å². The molecule has 9 nitrogen and oxygen atoms in total. The lowest BCUT2D eigenvalue weighted by atomic mass is 10.2. The first-order valence-corrected chi connectivity index (χ1v) is 10.8.